The highest BCUT2D eigenvalue weighted by atomic mass is 16.6. The summed E-state index contributed by atoms with van der Waals surface area (Å²) in [5.41, 5.74) is 8.47. The van der Waals surface area contributed by atoms with Crippen LogP contribution in [0.4, 0.5) is 0 Å². The van der Waals surface area contributed by atoms with Gasteiger partial charge < -0.3 is 42.6 Å². The number of carbonyl (C=O) groups is 1. The van der Waals surface area contributed by atoms with Gasteiger partial charge in [0.2, 0.25) is 0 Å². The Bertz CT molecular complexity index is 548. The summed E-state index contributed by atoms with van der Waals surface area (Å²) >= 11 is 0. The van der Waals surface area contributed by atoms with Gasteiger partial charge in [-0.05, 0) is 12.5 Å². The van der Waals surface area contributed by atoms with E-state index < -0.39 is 5.97 Å². The largest absolute Gasteiger partial charge is 0.460 e. The molecule has 0 saturated carbocycles. The van der Waals surface area contributed by atoms with Crippen molar-refractivity contribution in [3.05, 3.63) is 22.6 Å². The summed E-state index contributed by atoms with van der Waals surface area (Å²) in [6.45, 7) is 12.9. The summed E-state index contributed by atoms with van der Waals surface area (Å²) in [5.74, 6) is -0.414. The van der Waals surface area contributed by atoms with Crippen molar-refractivity contribution in [2.75, 3.05) is 119 Å². The van der Waals surface area contributed by atoms with E-state index in [1.807, 2.05) is 0 Å². The van der Waals surface area contributed by atoms with Crippen molar-refractivity contribution in [3.8, 4) is 0 Å². The first-order valence-electron chi connectivity index (χ1n) is 11.6. The van der Waals surface area contributed by atoms with Gasteiger partial charge in [0.25, 0.3) is 0 Å². The van der Waals surface area contributed by atoms with E-state index >= 15 is 0 Å². The van der Waals surface area contributed by atoms with Gasteiger partial charge in [-0.3, -0.25) is 0 Å². The Kier molecular flexibility index (Phi) is 27.0. The topological polar surface area (TPSA) is 149 Å². The lowest BCUT2D eigenvalue weighted by atomic mass is 10.4. The van der Waals surface area contributed by atoms with Gasteiger partial charge >= 0.3 is 5.97 Å². The molecular weight excluding hydrogens is 466 g/mol. The molecule has 0 aliphatic heterocycles. The second-order valence-corrected chi connectivity index (χ2v) is 6.77. The van der Waals surface area contributed by atoms with Gasteiger partial charge in [0.1, 0.15) is 6.61 Å². The maximum atomic E-state index is 11.1. The lowest BCUT2D eigenvalue weighted by Crippen LogP contribution is -2.15. The maximum Gasteiger partial charge on any atom is 0.333 e. The van der Waals surface area contributed by atoms with Crippen molar-refractivity contribution in [1.82, 2.24) is 0 Å². The molecule has 0 aliphatic rings. The molecule has 0 aliphatic carbocycles. The highest BCUT2D eigenvalue weighted by Gasteiger charge is 2.01. The Morgan fingerprint density at radius 2 is 0.886 bits per heavy atom. The van der Waals surface area contributed by atoms with Crippen LogP contribution in [0, 0.1) is 0 Å². The Morgan fingerprint density at radius 1 is 0.600 bits per heavy atom. The maximum absolute atomic E-state index is 11.1. The molecule has 204 valence electrons. The summed E-state index contributed by atoms with van der Waals surface area (Å²) < 4.78 is 47.7. The molecule has 0 spiro atoms. The molecule has 0 amide bonds. The molecule has 0 fully saturated rings. The number of nitrogens with zero attached hydrogens (tertiary/aromatic N) is 3. The van der Waals surface area contributed by atoms with Crippen molar-refractivity contribution in [2.45, 2.75) is 6.92 Å². The highest BCUT2D eigenvalue weighted by Crippen LogP contribution is 1.92. The van der Waals surface area contributed by atoms with Crippen molar-refractivity contribution in [2.24, 2.45) is 5.11 Å². The number of hydrogen-bond donors (Lipinski definition) is 0. The SMILES string of the molecule is C=C(C)C(=O)OCCOCCOCCOCCOCCOCCOCCOCCOCCN=[N+]=[N-]. The first-order valence-corrected chi connectivity index (χ1v) is 11.6. The first-order chi connectivity index (χ1) is 17.2. The Hall–Kier alpha value is -1.80. The van der Waals surface area contributed by atoms with E-state index in [1.54, 1.807) is 6.92 Å². The minimum Gasteiger partial charge on any atom is -0.460 e. The quantitative estimate of drug-likeness (QED) is 0.0381. The molecule has 13 nitrogen and oxygen atoms in total. The molecule has 0 atom stereocenters. The molecule has 0 bridgehead atoms. The van der Waals surface area contributed by atoms with Crippen LogP contribution >= 0.6 is 0 Å². The number of ether oxygens (including phenoxy) is 9. The van der Waals surface area contributed by atoms with E-state index in [0.717, 1.165) is 0 Å². The fourth-order valence-corrected chi connectivity index (χ4v) is 2.11. The van der Waals surface area contributed by atoms with Gasteiger partial charge in [-0.2, -0.15) is 0 Å². The summed E-state index contributed by atoms with van der Waals surface area (Å²) in [4.78, 5) is 13.8. The molecule has 35 heavy (non-hydrogen) atoms. The Labute approximate surface area is 207 Å². The predicted octanol–water partition coefficient (Wildman–Crippen LogP) is 1.55. The number of rotatable bonds is 28. The van der Waals surface area contributed by atoms with Crippen LogP contribution in [0.5, 0.6) is 0 Å². The van der Waals surface area contributed by atoms with Crippen molar-refractivity contribution in [3.63, 3.8) is 0 Å². The lowest BCUT2D eigenvalue weighted by Gasteiger charge is -2.08. The summed E-state index contributed by atoms with van der Waals surface area (Å²) in [7, 11) is 0. The zero-order valence-corrected chi connectivity index (χ0v) is 20.9. The summed E-state index contributed by atoms with van der Waals surface area (Å²) in [6.07, 6.45) is 0. The molecule has 0 radical (unpaired) electrons. The van der Waals surface area contributed by atoms with Gasteiger partial charge in [-0.25, -0.2) is 4.79 Å². The van der Waals surface area contributed by atoms with Gasteiger partial charge in [0.15, 0.2) is 0 Å². The fourth-order valence-electron chi connectivity index (χ4n) is 2.11. The van der Waals surface area contributed by atoms with Crippen LogP contribution in [0.25, 0.3) is 10.4 Å². The van der Waals surface area contributed by atoms with Crippen molar-refractivity contribution >= 4 is 5.97 Å². The lowest BCUT2D eigenvalue weighted by molar-refractivity contribution is -0.140. The molecule has 0 aromatic carbocycles. The molecule has 13 heteroatoms. The molecule has 0 saturated heterocycles. The van der Waals surface area contributed by atoms with Gasteiger partial charge in [0.05, 0.1) is 106 Å². The monoisotopic (exact) mass is 507 g/mol. The smallest absolute Gasteiger partial charge is 0.333 e. The second kappa shape index (κ2) is 28.4. The van der Waals surface area contributed by atoms with E-state index in [-0.39, 0.29) is 6.61 Å². The van der Waals surface area contributed by atoms with Gasteiger partial charge in [-0.15, -0.1) is 0 Å². The normalized spacial score (nSPS) is 10.8. The fraction of sp³-hybridized carbons (Fsp3) is 0.864. The number of carbonyl (C=O) groups excluding carboxylic acids is 1. The summed E-state index contributed by atoms with van der Waals surface area (Å²) in [5, 5.41) is 3.36. The summed E-state index contributed by atoms with van der Waals surface area (Å²) in [6, 6.07) is 0. The van der Waals surface area contributed by atoms with Gasteiger partial charge in [-0.1, -0.05) is 11.7 Å². The van der Waals surface area contributed by atoms with E-state index in [1.165, 1.54) is 0 Å². The molecular formula is C22H41N3O10. The zero-order valence-electron chi connectivity index (χ0n) is 20.9. The standard InChI is InChI=1S/C22H41N3O10/c1-21(2)22(26)35-20-19-34-18-17-33-16-15-32-14-13-31-12-11-30-10-9-29-8-7-28-6-5-27-4-3-24-25-23/h1,3-20H2,2H3. The van der Waals surface area contributed by atoms with Crippen LogP contribution in [0.1, 0.15) is 6.92 Å². The van der Waals surface area contributed by atoms with Crippen LogP contribution in [0.3, 0.4) is 0 Å². The molecule has 0 N–H and O–H groups in total. The van der Waals surface area contributed by atoms with Crippen LogP contribution in [0.15, 0.2) is 17.3 Å². The number of esters is 1. The van der Waals surface area contributed by atoms with Gasteiger partial charge in [0, 0.05) is 17.0 Å². The zero-order chi connectivity index (χ0) is 25.7. The molecule has 0 rings (SSSR count). The molecule has 0 heterocycles. The van der Waals surface area contributed by atoms with E-state index in [0.29, 0.717) is 118 Å². The van der Waals surface area contributed by atoms with Crippen molar-refractivity contribution < 1.29 is 47.4 Å². The minimum atomic E-state index is -0.414. The third kappa shape index (κ3) is 28.3. The van der Waals surface area contributed by atoms with Crippen LogP contribution in [0.2, 0.25) is 0 Å². The second-order valence-electron chi connectivity index (χ2n) is 6.77. The van der Waals surface area contributed by atoms with Crippen molar-refractivity contribution in [1.29, 1.82) is 0 Å². The van der Waals surface area contributed by atoms with Crippen LogP contribution in [-0.4, -0.2) is 125 Å². The Balaban J connectivity index is 3.07. The van der Waals surface area contributed by atoms with Crippen LogP contribution in [-0.2, 0) is 47.4 Å². The molecule has 0 aromatic rings. The Morgan fingerprint density at radius 3 is 1.17 bits per heavy atom. The van der Waals surface area contributed by atoms with E-state index in [2.05, 4.69) is 16.6 Å². The number of azide groups is 1. The average Bonchev–Trinajstić information content (AvgIpc) is 2.85. The average molecular weight is 508 g/mol. The third-order valence-electron chi connectivity index (χ3n) is 3.81. The highest BCUT2D eigenvalue weighted by molar-refractivity contribution is 5.86. The predicted molar refractivity (Wildman–Crippen MR) is 126 cm³/mol. The van der Waals surface area contributed by atoms with Crippen LogP contribution < -0.4 is 0 Å². The molecule has 0 aromatic heterocycles. The van der Waals surface area contributed by atoms with E-state index in [4.69, 9.17) is 48.2 Å². The molecule has 0 unspecified atom stereocenters. The number of hydrogen-bond acceptors (Lipinski definition) is 11. The van der Waals surface area contributed by atoms with E-state index in [9.17, 15) is 4.79 Å². The third-order valence-corrected chi connectivity index (χ3v) is 3.81. The first kappa shape index (κ1) is 33.2. The minimum absolute atomic E-state index is 0.199.